The van der Waals surface area contributed by atoms with Crippen LogP contribution in [0.4, 0.5) is 8.78 Å². The number of carbonyl (C=O) groups is 1. The number of carboxylic acids is 1. The third-order valence-electron chi connectivity index (χ3n) is 7.39. The van der Waals surface area contributed by atoms with Gasteiger partial charge in [0.05, 0.1) is 53.1 Å². The summed E-state index contributed by atoms with van der Waals surface area (Å²) >= 11 is 0. The predicted octanol–water partition coefficient (Wildman–Crippen LogP) is 4.83. The second-order valence-corrected chi connectivity index (χ2v) is 10.3. The largest absolute Gasteiger partial charge is 0.478 e. The molecule has 43 heavy (non-hydrogen) atoms. The number of aryl methyl sites for hydroxylation is 1. The molecule has 1 unspecified atom stereocenters. The first kappa shape index (κ1) is 28.0. The number of nitriles is 1. The van der Waals surface area contributed by atoms with E-state index in [1.54, 1.807) is 42.1 Å². The molecule has 2 aromatic carbocycles. The molecule has 0 bridgehead atoms. The molecule has 0 spiro atoms. The van der Waals surface area contributed by atoms with Gasteiger partial charge in [0, 0.05) is 31.7 Å². The molecular formula is C31H26F2N6O4. The summed E-state index contributed by atoms with van der Waals surface area (Å²) in [5.74, 6) is -1.68. The van der Waals surface area contributed by atoms with Crippen LogP contribution < -0.4 is 4.74 Å². The summed E-state index contributed by atoms with van der Waals surface area (Å²) in [7, 11) is 1.74. The first-order valence-corrected chi connectivity index (χ1v) is 13.6. The minimum Gasteiger partial charge on any atom is -0.478 e. The molecule has 0 saturated carbocycles. The van der Waals surface area contributed by atoms with E-state index in [-0.39, 0.29) is 53.8 Å². The van der Waals surface area contributed by atoms with Crippen LogP contribution in [0.3, 0.4) is 0 Å². The average Bonchev–Trinajstić information content (AvgIpc) is 3.49. The van der Waals surface area contributed by atoms with Crippen molar-refractivity contribution in [2.24, 2.45) is 7.05 Å². The molecule has 1 N–H and O–H groups in total. The van der Waals surface area contributed by atoms with Crippen LogP contribution in [-0.2, 0) is 37.8 Å². The van der Waals surface area contributed by atoms with E-state index < -0.39 is 17.6 Å². The van der Waals surface area contributed by atoms with E-state index in [0.29, 0.717) is 35.7 Å². The molecule has 0 aliphatic carbocycles. The van der Waals surface area contributed by atoms with Gasteiger partial charge >= 0.3 is 5.97 Å². The van der Waals surface area contributed by atoms with Crippen molar-refractivity contribution in [3.05, 3.63) is 94.6 Å². The van der Waals surface area contributed by atoms with Gasteiger partial charge in [-0.15, -0.1) is 0 Å². The van der Waals surface area contributed by atoms with E-state index in [1.807, 2.05) is 4.57 Å². The number of hydrogen-bond acceptors (Lipinski definition) is 7. The van der Waals surface area contributed by atoms with Crippen molar-refractivity contribution >= 4 is 17.0 Å². The monoisotopic (exact) mass is 584 g/mol. The summed E-state index contributed by atoms with van der Waals surface area (Å²) in [5.41, 5.74) is 2.89. The number of fused-ring (bicyclic) bond motifs is 1. The average molecular weight is 585 g/mol. The second kappa shape index (κ2) is 11.6. The fourth-order valence-corrected chi connectivity index (χ4v) is 5.05. The number of benzene rings is 2. The first-order valence-electron chi connectivity index (χ1n) is 13.6. The third-order valence-corrected chi connectivity index (χ3v) is 7.39. The molecule has 4 heterocycles. The van der Waals surface area contributed by atoms with Gasteiger partial charge in [-0.1, -0.05) is 6.07 Å². The van der Waals surface area contributed by atoms with E-state index in [4.69, 9.17) is 14.7 Å². The molecule has 12 heteroatoms. The van der Waals surface area contributed by atoms with Crippen LogP contribution >= 0.6 is 0 Å². The van der Waals surface area contributed by atoms with E-state index in [9.17, 15) is 9.90 Å². The highest BCUT2D eigenvalue weighted by molar-refractivity contribution is 5.92. The molecule has 1 fully saturated rings. The van der Waals surface area contributed by atoms with Gasteiger partial charge in [-0.25, -0.2) is 23.5 Å². The Morgan fingerprint density at radius 3 is 2.74 bits per heavy atom. The summed E-state index contributed by atoms with van der Waals surface area (Å²) < 4.78 is 45.7. The summed E-state index contributed by atoms with van der Waals surface area (Å²) in [6.07, 6.45) is 0.986. The lowest BCUT2D eigenvalue weighted by Crippen LogP contribution is -2.31. The Kier molecular flexibility index (Phi) is 7.56. The zero-order chi connectivity index (χ0) is 30.1. The van der Waals surface area contributed by atoms with Crippen molar-refractivity contribution < 1.29 is 28.2 Å². The van der Waals surface area contributed by atoms with Crippen LogP contribution in [0.15, 0.2) is 54.6 Å². The Bertz CT molecular complexity index is 1890. The van der Waals surface area contributed by atoms with Crippen LogP contribution in [0.25, 0.3) is 22.3 Å². The van der Waals surface area contributed by atoms with Gasteiger partial charge in [0.2, 0.25) is 5.88 Å². The molecular weight excluding hydrogens is 558 g/mol. The fourth-order valence-electron chi connectivity index (χ4n) is 5.05. The highest BCUT2D eigenvalue weighted by atomic mass is 19.1. The maximum absolute atomic E-state index is 15.5. The number of aromatic nitrogens is 5. The fraction of sp³-hybridized carbons (Fsp3) is 0.258. The maximum atomic E-state index is 15.5. The summed E-state index contributed by atoms with van der Waals surface area (Å²) in [5, 5.41) is 22.7. The lowest BCUT2D eigenvalue weighted by atomic mass is 10.0. The lowest BCUT2D eigenvalue weighted by molar-refractivity contribution is -0.0589. The van der Waals surface area contributed by atoms with E-state index >= 15 is 8.78 Å². The number of carboxylic acid groups (broad SMARTS) is 1. The number of hydrogen-bond donors (Lipinski definition) is 1. The van der Waals surface area contributed by atoms with Crippen LogP contribution in [0.2, 0.25) is 0 Å². The molecule has 3 aromatic heterocycles. The van der Waals surface area contributed by atoms with E-state index in [1.165, 1.54) is 12.1 Å². The lowest BCUT2D eigenvalue weighted by Gasteiger charge is -2.27. The van der Waals surface area contributed by atoms with Crippen molar-refractivity contribution in [3.63, 3.8) is 0 Å². The Labute approximate surface area is 244 Å². The topological polar surface area (TPSA) is 128 Å². The zero-order valence-corrected chi connectivity index (χ0v) is 23.1. The number of aromatic carboxylic acids is 1. The molecule has 1 aliphatic rings. The Morgan fingerprint density at radius 1 is 1.16 bits per heavy atom. The van der Waals surface area contributed by atoms with E-state index in [0.717, 1.165) is 24.2 Å². The van der Waals surface area contributed by atoms with Gasteiger partial charge in [-0.3, -0.25) is 4.68 Å². The summed E-state index contributed by atoms with van der Waals surface area (Å²) in [4.78, 5) is 20.5. The number of ether oxygens (including phenoxy) is 2. The minimum atomic E-state index is -1.07. The third kappa shape index (κ3) is 5.80. The van der Waals surface area contributed by atoms with Crippen LogP contribution in [0, 0.1) is 23.0 Å². The highest BCUT2D eigenvalue weighted by Gasteiger charge is 2.24. The molecule has 5 aromatic rings. The molecule has 1 saturated heterocycles. The molecule has 1 aliphatic heterocycles. The first-order chi connectivity index (χ1) is 20.8. The van der Waals surface area contributed by atoms with Gasteiger partial charge in [0.15, 0.2) is 0 Å². The minimum absolute atomic E-state index is 0.0126. The molecule has 0 radical (unpaired) electrons. The normalized spacial score (nSPS) is 14.4. The number of imidazole rings is 1. The van der Waals surface area contributed by atoms with Crippen molar-refractivity contribution in [2.75, 3.05) is 6.61 Å². The molecule has 218 valence electrons. The Balaban J connectivity index is 1.25. The number of pyridine rings is 1. The zero-order valence-electron chi connectivity index (χ0n) is 23.1. The Hall–Kier alpha value is -5.15. The van der Waals surface area contributed by atoms with Crippen LogP contribution in [0.5, 0.6) is 5.88 Å². The summed E-state index contributed by atoms with van der Waals surface area (Å²) in [6, 6.07) is 15.5. The predicted molar refractivity (Wildman–Crippen MR) is 150 cm³/mol. The summed E-state index contributed by atoms with van der Waals surface area (Å²) in [6.45, 7) is 1.15. The van der Waals surface area contributed by atoms with Crippen molar-refractivity contribution in [3.8, 4) is 23.2 Å². The van der Waals surface area contributed by atoms with Gasteiger partial charge < -0.3 is 19.1 Å². The number of rotatable bonds is 10. The smallest absolute Gasteiger partial charge is 0.335 e. The molecule has 10 nitrogen and oxygen atoms in total. The van der Waals surface area contributed by atoms with Crippen LogP contribution in [0.1, 0.15) is 39.6 Å². The highest BCUT2D eigenvalue weighted by Crippen LogP contribution is 2.29. The molecule has 1 atom stereocenters. The van der Waals surface area contributed by atoms with Gasteiger partial charge in [-0.2, -0.15) is 10.4 Å². The van der Waals surface area contributed by atoms with Crippen molar-refractivity contribution in [1.82, 2.24) is 24.3 Å². The number of nitrogens with zero attached hydrogens (tertiary/aromatic N) is 6. The second-order valence-electron chi connectivity index (χ2n) is 10.3. The molecule has 6 rings (SSSR count). The Morgan fingerprint density at radius 2 is 2.00 bits per heavy atom. The van der Waals surface area contributed by atoms with E-state index in [2.05, 4.69) is 21.1 Å². The SMILES string of the molecule is Cn1nc(COc2cccc(-c3cc(F)c(Cc4nc5ccc(C(=O)O)cc5n4CC4CCO4)cc3F)n2)cc1CC#N. The van der Waals surface area contributed by atoms with Gasteiger partial charge in [0.25, 0.3) is 0 Å². The molecule has 0 amide bonds. The van der Waals surface area contributed by atoms with Crippen LogP contribution in [-0.4, -0.2) is 48.1 Å². The number of halogens is 2. The van der Waals surface area contributed by atoms with Gasteiger partial charge in [0.1, 0.15) is 29.8 Å². The van der Waals surface area contributed by atoms with Crippen molar-refractivity contribution in [2.45, 2.75) is 38.5 Å². The van der Waals surface area contributed by atoms with Gasteiger partial charge in [-0.05, 0) is 54.4 Å². The quantitative estimate of drug-likeness (QED) is 0.247. The van der Waals surface area contributed by atoms with Crippen molar-refractivity contribution in [1.29, 1.82) is 5.26 Å². The maximum Gasteiger partial charge on any atom is 0.335 e. The standard InChI is InChI=1S/C31H26F2N6O4/c1-38-21(7-9-34)14-20(37-38)17-43-30-4-2-3-26(36-30)23-15-24(32)19(11-25(23)33)13-29-35-27-6-5-18(31(40)41)12-28(27)39(29)16-22-8-10-42-22/h2-6,11-12,14-15,22H,7-8,10,13,16-17H2,1H3,(H,40,41).